The predicted octanol–water partition coefficient (Wildman–Crippen LogP) is 1.29. The first-order valence-corrected chi connectivity index (χ1v) is 7.90. The Labute approximate surface area is 124 Å². The van der Waals surface area contributed by atoms with Crippen LogP contribution in [0.1, 0.15) is 16.8 Å². The number of anilines is 1. The van der Waals surface area contributed by atoms with Crippen molar-refractivity contribution in [2.75, 3.05) is 44.5 Å². The molecule has 1 unspecified atom stereocenters. The average molecular weight is 294 g/mol. The second kappa shape index (κ2) is 6.45. The number of amides is 1. The highest BCUT2D eigenvalue weighted by Gasteiger charge is 2.36. The number of likely N-dealkylation sites (N-methyl/N-ethyl adjacent to an activating group) is 1. The fraction of sp³-hybridized carbons (Fsp3) is 0.571. The van der Waals surface area contributed by atoms with Gasteiger partial charge in [-0.2, -0.15) is 11.8 Å². The minimum absolute atomic E-state index is 0.0398. The highest BCUT2D eigenvalue weighted by Crippen LogP contribution is 2.31. The first-order valence-electron chi connectivity index (χ1n) is 6.74. The van der Waals surface area contributed by atoms with E-state index < -0.39 is 0 Å². The van der Waals surface area contributed by atoms with E-state index in [1.165, 1.54) is 0 Å². The molecule has 6 heteroatoms. The summed E-state index contributed by atoms with van der Waals surface area (Å²) in [6.45, 7) is 0.684. The maximum atomic E-state index is 12.2. The van der Waals surface area contributed by atoms with E-state index >= 15 is 0 Å². The van der Waals surface area contributed by atoms with Crippen molar-refractivity contribution in [1.82, 2.24) is 15.2 Å². The van der Waals surface area contributed by atoms with Gasteiger partial charge in [-0.25, -0.2) is 4.98 Å². The molecule has 0 spiro atoms. The summed E-state index contributed by atoms with van der Waals surface area (Å²) < 4.78 is 0. The Kier molecular flexibility index (Phi) is 4.88. The molecule has 1 atom stereocenters. The van der Waals surface area contributed by atoms with Crippen molar-refractivity contribution in [2.45, 2.75) is 12.0 Å². The summed E-state index contributed by atoms with van der Waals surface area (Å²) >= 11 is 1.95. The predicted molar refractivity (Wildman–Crippen MR) is 84.5 cm³/mol. The van der Waals surface area contributed by atoms with Gasteiger partial charge < -0.3 is 15.5 Å². The number of nitrogens with one attached hydrogen (secondary N) is 2. The van der Waals surface area contributed by atoms with Gasteiger partial charge in [0.2, 0.25) is 0 Å². The number of carbonyl (C=O) groups excluding carboxylic acids is 1. The Hall–Kier alpha value is -1.27. The van der Waals surface area contributed by atoms with Crippen LogP contribution >= 0.6 is 11.8 Å². The van der Waals surface area contributed by atoms with Crippen LogP contribution < -0.4 is 10.6 Å². The number of nitrogens with zero attached hydrogens (tertiary/aromatic N) is 2. The standard InChI is InChI=1S/C14H22N4OS/c1-15-12-8-11(4-6-16-12)13(19)17-9-14(18(2)3)5-7-20-10-14/h4,6,8H,5,7,9-10H2,1-3H3,(H,15,16)(H,17,19). The second-order valence-electron chi connectivity index (χ2n) is 5.28. The lowest BCUT2D eigenvalue weighted by atomic mass is 9.97. The van der Waals surface area contributed by atoms with E-state index in [2.05, 4.69) is 34.6 Å². The van der Waals surface area contributed by atoms with E-state index in [0.29, 0.717) is 17.9 Å². The highest BCUT2D eigenvalue weighted by atomic mass is 32.2. The van der Waals surface area contributed by atoms with Gasteiger partial charge in [0.25, 0.3) is 5.91 Å². The molecule has 1 saturated heterocycles. The Morgan fingerprint density at radius 3 is 2.95 bits per heavy atom. The number of hydrogen-bond donors (Lipinski definition) is 2. The van der Waals surface area contributed by atoms with Gasteiger partial charge in [-0.3, -0.25) is 4.79 Å². The van der Waals surface area contributed by atoms with Crippen LogP contribution in [0, 0.1) is 0 Å². The number of rotatable bonds is 5. The van der Waals surface area contributed by atoms with Gasteiger partial charge in [0.1, 0.15) is 5.82 Å². The summed E-state index contributed by atoms with van der Waals surface area (Å²) in [5, 5.41) is 6.01. The lowest BCUT2D eigenvalue weighted by Crippen LogP contribution is -2.53. The van der Waals surface area contributed by atoms with Crippen LogP contribution in [0.5, 0.6) is 0 Å². The summed E-state index contributed by atoms with van der Waals surface area (Å²) in [5.74, 6) is 2.89. The molecule has 2 N–H and O–H groups in total. The largest absolute Gasteiger partial charge is 0.373 e. The second-order valence-corrected chi connectivity index (χ2v) is 6.39. The van der Waals surface area contributed by atoms with Crippen LogP contribution in [0.2, 0.25) is 0 Å². The lowest BCUT2D eigenvalue weighted by molar-refractivity contribution is 0.0914. The monoisotopic (exact) mass is 294 g/mol. The van der Waals surface area contributed by atoms with E-state index in [4.69, 9.17) is 0 Å². The maximum Gasteiger partial charge on any atom is 0.251 e. The summed E-state index contributed by atoms with van der Waals surface area (Å²) in [6, 6.07) is 3.50. The van der Waals surface area contributed by atoms with E-state index in [-0.39, 0.29) is 11.4 Å². The maximum absolute atomic E-state index is 12.2. The molecule has 110 valence electrons. The normalized spacial score (nSPS) is 22.0. The third-order valence-corrected chi connectivity index (χ3v) is 5.12. The molecule has 2 rings (SSSR count). The molecule has 1 aliphatic rings. The molecule has 0 saturated carbocycles. The van der Waals surface area contributed by atoms with Crippen molar-refractivity contribution in [3.05, 3.63) is 23.9 Å². The van der Waals surface area contributed by atoms with E-state index in [1.54, 1.807) is 25.4 Å². The molecule has 0 radical (unpaired) electrons. The van der Waals surface area contributed by atoms with Crippen molar-refractivity contribution in [2.24, 2.45) is 0 Å². The molecule has 1 amide bonds. The zero-order valence-corrected chi connectivity index (χ0v) is 13.1. The van der Waals surface area contributed by atoms with Crippen LogP contribution in [-0.2, 0) is 0 Å². The van der Waals surface area contributed by atoms with Gasteiger partial charge in [0, 0.05) is 36.6 Å². The number of thioether (sulfide) groups is 1. The quantitative estimate of drug-likeness (QED) is 0.857. The number of aromatic nitrogens is 1. The van der Waals surface area contributed by atoms with Gasteiger partial charge in [-0.15, -0.1) is 0 Å². The number of hydrogen-bond acceptors (Lipinski definition) is 5. The van der Waals surface area contributed by atoms with Crippen molar-refractivity contribution in [3.63, 3.8) is 0 Å². The van der Waals surface area contributed by atoms with E-state index in [9.17, 15) is 4.79 Å². The first-order chi connectivity index (χ1) is 9.57. The molecule has 1 aromatic heterocycles. The summed E-state index contributed by atoms with van der Waals surface area (Å²) in [7, 11) is 5.97. The first kappa shape index (κ1) is 15.1. The Morgan fingerprint density at radius 1 is 1.55 bits per heavy atom. The average Bonchev–Trinajstić information content (AvgIpc) is 2.95. The molecule has 2 heterocycles. The molecular formula is C14H22N4OS. The highest BCUT2D eigenvalue weighted by molar-refractivity contribution is 7.99. The molecule has 0 bridgehead atoms. The molecule has 1 fully saturated rings. The molecule has 5 nitrogen and oxygen atoms in total. The fourth-order valence-electron chi connectivity index (χ4n) is 2.30. The summed E-state index contributed by atoms with van der Waals surface area (Å²) in [4.78, 5) is 18.6. The van der Waals surface area contributed by atoms with Crippen molar-refractivity contribution in [3.8, 4) is 0 Å². The molecule has 1 aromatic rings. The number of carbonyl (C=O) groups is 1. The third-order valence-electron chi connectivity index (χ3n) is 3.89. The zero-order chi connectivity index (χ0) is 14.6. The van der Waals surface area contributed by atoms with E-state index in [0.717, 1.165) is 17.9 Å². The van der Waals surface area contributed by atoms with Crippen LogP contribution in [0.15, 0.2) is 18.3 Å². The topological polar surface area (TPSA) is 57.3 Å². The molecular weight excluding hydrogens is 272 g/mol. The van der Waals surface area contributed by atoms with Gasteiger partial charge in [0.15, 0.2) is 0 Å². The Bertz CT molecular complexity index is 472. The zero-order valence-electron chi connectivity index (χ0n) is 12.3. The van der Waals surface area contributed by atoms with Crippen LogP contribution in [0.25, 0.3) is 0 Å². The minimum atomic E-state index is -0.0398. The molecule has 1 aliphatic heterocycles. The smallest absolute Gasteiger partial charge is 0.251 e. The SMILES string of the molecule is CNc1cc(C(=O)NCC2(N(C)C)CCSC2)ccn1. The van der Waals surface area contributed by atoms with Crippen molar-refractivity contribution < 1.29 is 4.79 Å². The van der Waals surface area contributed by atoms with Gasteiger partial charge in [-0.05, 0) is 38.4 Å². The fourth-order valence-corrected chi connectivity index (χ4v) is 3.86. The Balaban J connectivity index is 2.00. The van der Waals surface area contributed by atoms with Crippen molar-refractivity contribution >= 4 is 23.5 Å². The summed E-state index contributed by atoms with van der Waals surface area (Å²) in [6.07, 6.45) is 2.76. The minimum Gasteiger partial charge on any atom is -0.373 e. The van der Waals surface area contributed by atoms with E-state index in [1.807, 2.05) is 11.8 Å². The summed E-state index contributed by atoms with van der Waals surface area (Å²) in [5.41, 5.74) is 0.725. The van der Waals surface area contributed by atoms with Crippen LogP contribution in [-0.4, -0.2) is 60.5 Å². The Morgan fingerprint density at radius 2 is 2.35 bits per heavy atom. The van der Waals surface area contributed by atoms with Gasteiger partial charge in [-0.1, -0.05) is 0 Å². The molecule has 20 heavy (non-hydrogen) atoms. The lowest BCUT2D eigenvalue weighted by Gasteiger charge is -2.35. The van der Waals surface area contributed by atoms with Crippen LogP contribution in [0.4, 0.5) is 5.82 Å². The third kappa shape index (κ3) is 3.24. The van der Waals surface area contributed by atoms with Crippen LogP contribution in [0.3, 0.4) is 0 Å². The van der Waals surface area contributed by atoms with Crippen molar-refractivity contribution in [1.29, 1.82) is 0 Å². The molecule has 0 aromatic carbocycles. The van der Waals surface area contributed by atoms with Gasteiger partial charge >= 0.3 is 0 Å². The molecule has 0 aliphatic carbocycles. The number of pyridine rings is 1. The van der Waals surface area contributed by atoms with Gasteiger partial charge in [0.05, 0.1) is 0 Å².